The molecular formula is C19H38N4O. The SMILES string of the molecule is CN=C(NCC(C)N1CCC(C)CC1)NCC1(CCOC)CCC1. The first-order chi connectivity index (χ1) is 11.6. The van der Waals surface area contributed by atoms with Gasteiger partial charge >= 0.3 is 0 Å². The van der Waals surface area contributed by atoms with Crippen molar-refractivity contribution in [2.75, 3.05) is 46.9 Å². The number of piperidine rings is 1. The summed E-state index contributed by atoms with van der Waals surface area (Å²) in [5, 5.41) is 7.07. The predicted molar refractivity (Wildman–Crippen MR) is 102 cm³/mol. The standard InChI is InChI=1S/C19H38N4O/c1-16-6-11-23(12-7-16)17(2)14-21-18(20-3)22-15-19(8-5-9-19)10-13-24-4/h16-17H,5-15H2,1-4H3,(H2,20,21,22). The molecule has 1 unspecified atom stereocenters. The molecule has 5 nitrogen and oxygen atoms in total. The van der Waals surface area contributed by atoms with Crippen molar-refractivity contribution >= 4 is 5.96 Å². The van der Waals surface area contributed by atoms with Crippen molar-refractivity contribution in [3.05, 3.63) is 0 Å². The number of methoxy groups -OCH3 is 1. The Labute approximate surface area is 148 Å². The van der Waals surface area contributed by atoms with Crippen molar-refractivity contribution in [1.82, 2.24) is 15.5 Å². The predicted octanol–water partition coefficient (Wildman–Crippen LogP) is 2.48. The van der Waals surface area contributed by atoms with Gasteiger partial charge in [0.25, 0.3) is 0 Å². The number of likely N-dealkylation sites (tertiary alicyclic amines) is 1. The Morgan fingerprint density at radius 1 is 1.29 bits per heavy atom. The topological polar surface area (TPSA) is 48.9 Å². The fourth-order valence-corrected chi connectivity index (χ4v) is 3.85. The van der Waals surface area contributed by atoms with Crippen molar-refractivity contribution in [3.63, 3.8) is 0 Å². The number of hydrogen-bond acceptors (Lipinski definition) is 3. The van der Waals surface area contributed by atoms with E-state index >= 15 is 0 Å². The third-order valence-electron chi connectivity index (χ3n) is 6.11. The second-order valence-electron chi connectivity index (χ2n) is 7.97. The summed E-state index contributed by atoms with van der Waals surface area (Å²) in [7, 11) is 3.66. The molecule has 0 aromatic rings. The number of rotatable bonds is 8. The third-order valence-corrected chi connectivity index (χ3v) is 6.11. The zero-order chi connectivity index (χ0) is 17.4. The number of ether oxygens (including phenoxy) is 1. The molecule has 0 aromatic heterocycles. The number of guanidine groups is 1. The van der Waals surface area contributed by atoms with Crippen LogP contribution in [0, 0.1) is 11.3 Å². The summed E-state index contributed by atoms with van der Waals surface area (Å²) in [5.74, 6) is 1.83. The Hall–Kier alpha value is -0.810. The van der Waals surface area contributed by atoms with Crippen LogP contribution in [0.5, 0.6) is 0 Å². The molecular weight excluding hydrogens is 300 g/mol. The lowest BCUT2D eigenvalue weighted by atomic mass is 9.67. The van der Waals surface area contributed by atoms with Crippen molar-refractivity contribution in [2.45, 2.75) is 58.4 Å². The zero-order valence-corrected chi connectivity index (χ0v) is 16.2. The Morgan fingerprint density at radius 2 is 2.00 bits per heavy atom. The molecule has 1 heterocycles. The molecule has 1 saturated heterocycles. The molecule has 2 N–H and O–H groups in total. The smallest absolute Gasteiger partial charge is 0.191 e. The molecule has 0 aromatic carbocycles. The van der Waals surface area contributed by atoms with Gasteiger partial charge in [0.2, 0.25) is 0 Å². The van der Waals surface area contributed by atoms with Crippen LogP contribution in [0.3, 0.4) is 0 Å². The molecule has 140 valence electrons. The van der Waals surface area contributed by atoms with E-state index in [0.717, 1.165) is 38.0 Å². The molecule has 5 heteroatoms. The molecule has 0 bridgehead atoms. The van der Waals surface area contributed by atoms with Gasteiger partial charge in [0.05, 0.1) is 0 Å². The molecule has 0 amide bonds. The summed E-state index contributed by atoms with van der Waals surface area (Å²) in [6.45, 7) is 9.98. The van der Waals surface area contributed by atoms with E-state index in [1.165, 1.54) is 45.2 Å². The van der Waals surface area contributed by atoms with Gasteiger partial charge in [0, 0.05) is 39.9 Å². The van der Waals surface area contributed by atoms with Crippen LogP contribution >= 0.6 is 0 Å². The van der Waals surface area contributed by atoms with Crippen LogP contribution in [0.1, 0.15) is 52.4 Å². The van der Waals surface area contributed by atoms with E-state index in [1.54, 1.807) is 7.11 Å². The Morgan fingerprint density at radius 3 is 2.54 bits per heavy atom. The van der Waals surface area contributed by atoms with Gasteiger partial charge in [0.1, 0.15) is 0 Å². The first-order valence-corrected chi connectivity index (χ1v) is 9.76. The molecule has 1 aliphatic carbocycles. The number of nitrogens with one attached hydrogen (secondary N) is 2. The first kappa shape index (κ1) is 19.5. The first-order valence-electron chi connectivity index (χ1n) is 9.76. The summed E-state index contributed by atoms with van der Waals surface area (Å²) in [6.07, 6.45) is 7.78. The van der Waals surface area contributed by atoms with Crippen molar-refractivity contribution in [2.24, 2.45) is 16.3 Å². The summed E-state index contributed by atoms with van der Waals surface area (Å²) in [5.41, 5.74) is 0.419. The molecule has 0 radical (unpaired) electrons. The highest BCUT2D eigenvalue weighted by molar-refractivity contribution is 5.79. The maximum absolute atomic E-state index is 5.28. The quantitative estimate of drug-likeness (QED) is 0.527. The van der Waals surface area contributed by atoms with Gasteiger partial charge in [0.15, 0.2) is 5.96 Å². The highest BCUT2D eigenvalue weighted by atomic mass is 16.5. The summed E-state index contributed by atoms with van der Waals surface area (Å²) < 4.78 is 5.28. The second-order valence-corrected chi connectivity index (χ2v) is 7.97. The molecule has 1 saturated carbocycles. The van der Waals surface area contributed by atoms with E-state index in [0.29, 0.717) is 11.5 Å². The highest BCUT2D eigenvalue weighted by Gasteiger charge is 2.36. The van der Waals surface area contributed by atoms with Crippen molar-refractivity contribution < 1.29 is 4.74 Å². The summed E-state index contributed by atoms with van der Waals surface area (Å²) in [6, 6.07) is 0.558. The van der Waals surface area contributed by atoms with E-state index in [-0.39, 0.29) is 0 Å². The van der Waals surface area contributed by atoms with Crippen LogP contribution in [-0.4, -0.2) is 63.8 Å². The maximum Gasteiger partial charge on any atom is 0.191 e. The van der Waals surface area contributed by atoms with E-state index < -0.39 is 0 Å². The zero-order valence-electron chi connectivity index (χ0n) is 16.2. The van der Waals surface area contributed by atoms with Crippen molar-refractivity contribution in [3.8, 4) is 0 Å². The van der Waals surface area contributed by atoms with Crippen LogP contribution in [0.4, 0.5) is 0 Å². The molecule has 2 aliphatic rings. The fraction of sp³-hybridized carbons (Fsp3) is 0.947. The molecule has 24 heavy (non-hydrogen) atoms. The van der Waals surface area contributed by atoms with Crippen LogP contribution in [0.25, 0.3) is 0 Å². The minimum atomic E-state index is 0.419. The molecule has 2 rings (SSSR count). The molecule has 0 spiro atoms. The highest BCUT2D eigenvalue weighted by Crippen LogP contribution is 2.43. The number of hydrogen-bond donors (Lipinski definition) is 2. The van der Waals surface area contributed by atoms with Gasteiger partial charge in [-0.15, -0.1) is 0 Å². The van der Waals surface area contributed by atoms with E-state index in [4.69, 9.17) is 4.74 Å². The van der Waals surface area contributed by atoms with Gasteiger partial charge in [-0.05, 0) is 63.5 Å². The Bertz CT molecular complexity index is 387. The normalized spacial score (nSPS) is 23.6. The van der Waals surface area contributed by atoms with Crippen LogP contribution in [0.2, 0.25) is 0 Å². The van der Waals surface area contributed by atoms with Crippen LogP contribution in [0.15, 0.2) is 4.99 Å². The molecule has 2 fully saturated rings. The molecule has 1 atom stereocenters. The average molecular weight is 339 g/mol. The monoisotopic (exact) mass is 338 g/mol. The Balaban J connectivity index is 1.70. The lowest BCUT2D eigenvalue weighted by molar-refractivity contribution is 0.0732. The van der Waals surface area contributed by atoms with Crippen LogP contribution in [-0.2, 0) is 4.74 Å². The van der Waals surface area contributed by atoms with Gasteiger partial charge in [-0.1, -0.05) is 13.3 Å². The fourth-order valence-electron chi connectivity index (χ4n) is 3.85. The van der Waals surface area contributed by atoms with Crippen molar-refractivity contribution in [1.29, 1.82) is 0 Å². The average Bonchev–Trinajstić information content (AvgIpc) is 2.56. The third kappa shape index (κ3) is 5.62. The lowest BCUT2D eigenvalue weighted by Gasteiger charge is -2.42. The lowest BCUT2D eigenvalue weighted by Crippen LogP contribution is -2.50. The van der Waals surface area contributed by atoms with Gasteiger partial charge in [-0.3, -0.25) is 9.89 Å². The summed E-state index contributed by atoms with van der Waals surface area (Å²) in [4.78, 5) is 7.01. The number of nitrogens with zero attached hydrogens (tertiary/aromatic N) is 2. The van der Waals surface area contributed by atoms with Gasteiger partial charge < -0.3 is 15.4 Å². The number of aliphatic imine (C=N–C) groups is 1. The minimum Gasteiger partial charge on any atom is -0.385 e. The maximum atomic E-state index is 5.28. The molecule has 1 aliphatic heterocycles. The van der Waals surface area contributed by atoms with E-state index in [1.807, 2.05) is 7.05 Å². The Kier molecular flexibility index (Phi) is 7.82. The van der Waals surface area contributed by atoms with Gasteiger partial charge in [-0.25, -0.2) is 0 Å². The van der Waals surface area contributed by atoms with E-state index in [2.05, 4.69) is 34.4 Å². The second kappa shape index (κ2) is 9.62. The minimum absolute atomic E-state index is 0.419. The van der Waals surface area contributed by atoms with E-state index in [9.17, 15) is 0 Å². The largest absolute Gasteiger partial charge is 0.385 e. The van der Waals surface area contributed by atoms with Crippen LogP contribution < -0.4 is 10.6 Å². The van der Waals surface area contributed by atoms with Gasteiger partial charge in [-0.2, -0.15) is 0 Å². The summed E-state index contributed by atoms with van der Waals surface area (Å²) >= 11 is 0.